The molecule has 7 heteroatoms. The maximum Gasteiger partial charge on any atom is 0.259 e. The summed E-state index contributed by atoms with van der Waals surface area (Å²) in [6.45, 7) is 0. The van der Waals surface area contributed by atoms with Crippen LogP contribution in [0.1, 0.15) is 10.4 Å². The van der Waals surface area contributed by atoms with Crippen molar-refractivity contribution < 1.29 is 9.18 Å². The van der Waals surface area contributed by atoms with Gasteiger partial charge in [0, 0.05) is 18.1 Å². The number of carbonyl (C=O) groups excluding carboxylic acids is 1. The molecule has 5 nitrogen and oxygen atoms in total. The van der Waals surface area contributed by atoms with Gasteiger partial charge in [0.25, 0.3) is 5.91 Å². The van der Waals surface area contributed by atoms with Gasteiger partial charge >= 0.3 is 0 Å². The third kappa shape index (κ3) is 2.98. The number of pyridine rings is 1. The Morgan fingerprint density at radius 1 is 1.37 bits per heavy atom. The van der Waals surface area contributed by atoms with Gasteiger partial charge in [-0.25, -0.2) is 4.39 Å². The fourth-order valence-corrected chi connectivity index (χ4v) is 1.59. The van der Waals surface area contributed by atoms with Crippen LogP contribution in [0.15, 0.2) is 36.7 Å². The highest BCUT2D eigenvalue weighted by Gasteiger charge is 2.12. The first-order chi connectivity index (χ1) is 9.11. The quantitative estimate of drug-likeness (QED) is 0.596. The second kappa shape index (κ2) is 5.64. The number of halogens is 2. The van der Waals surface area contributed by atoms with Crippen molar-refractivity contribution in [3.05, 3.63) is 53.1 Å². The molecular weight excluding hydrogens is 271 g/mol. The molecule has 0 aliphatic carbocycles. The third-order valence-electron chi connectivity index (χ3n) is 2.40. The number of hydrogen-bond acceptors (Lipinski definition) is 4. The van der Waals surface area contributed by atoms with Crippen LogP contribution in [-0.2, 0) is 0 Å². The van der Waals surface area contributed by atoms with Gasteiger partial charge in [-0.2, -0.15) is 0 Å². The molecule has 0 saturated carbocycles. The van der Waals surface area contributed by atoms with Crippen molar-refractivity contribution in [2.24, 2.45) is 5.84 Å². The summed E-state index contributed by atoms with van der Waals surface area (Å²) in [6, 6.07) is 5.54. The van der Waals surface area contributed by atoms with Crippen LogP contribution in [0, 0.1) is 5.82 Å². The van der Waals surface area contributed by atoms with Crippen molar-refractivity contribution in [2.75, 3.05) is 10.7 Å². The number of nitrogens with zero attached hydrogens (tertiary/aromatic N) is 1. The molecule has 0 bridgehead atoms. The zero-order chi connectivity index (χ0) is 13.8. The molecule has 0 aliphatic heterocycles. The number of benzene rings is 1. The molecule has 0 aliphatic rings. The fraction of sp³-hybridized carbons (Fsp3) is 0. The Labute approximate surface area is 113 Å². The largest absolute Gasteiger partial charge is 0.323 e. The number of nitrogens with one attached hydrogen (secondary N) is 2. The molecule has 0 atom stereocenters. The predicted molar refractivity (Wildman–Crippen MR) is 71.4 cm³/mol. The summed E-state index contributed by atoms with van der Waals surface area (Å²) in [4.78, 5) is 15.8. The number of aromatic nitrogens is 1. The Hall–Kier alpha value is -2.18. The number of nitrogens with two attached hydrogens (primary N) is 1. The maximum atomic E-state index is 13.2. The van der Waals surface area contributed by atoms with E-state index >= 15 is 0 Å². The first-order valence-corrected chi connectivity index (χ1v) is 5.66. The highest BCUT2D eigenvalue weighted by molar-refractivity contribution is 6.30. The van der Waals surface area contributed by atoms with Crippen LogP contribution in [0.2, 0.25) is 5.02 Å². The molecule has 98 valence electrons. The minimum absolute atomic E-state index is 0.0105. The zero-order valence-corrected chi connectivity index (χ0v) is 10.4. The molecule has 0 saturated heterocycles. The van der Waals surface area contributed by atoms with Crippen molar-refractivity contribution in [1.82, 2.24) is 4.98 Å². The van der Waals surface area contributed by atoms with E-state index in [2.05, 4.69) is 15.7 Å². The molecule has 0 fully saturated rings. The molecule has 0 unspecified atom stereocenters. The average Bonchev–Trinajstić information content (AvgIpc) is 2.43. The molecule has 1 aromatic heterocycles. The molecule has 2 rings (SSSR count). The van der Waals surface area contributed by atoms with Crippen molar-refractivity contribution in [1.29, 1.82) is 0 Å². The Bertz CT molecular complexity index is 620. The lowest BCUT2D eigenvalue weighted by atomic mass is 10.2. The molecule has 0 radical (unpaired) electrons. The summed E-state index contributed by atoms with van der Waals surface area (Å²) in [5.41, 5.74) is 3.35. The van der Waals surface area contributed by atoms with E-state index in [1.807, 2.05) is 0 Å². The lowest BCUT2D eigenvalue weighted by Gasteiger charge is -2.09. The van der Waals surface area contributed by atoms with Crippen LogP contribution >= 0.6 is 11.6 Å². The number of rotatable bonds is 3. The van der Waals surface area contributed by atoms with E-state index in [0.29, 0.717) is 11.4 Å². The molecule has 1 aromatic carbocycles. The van der Waals surface area contributed by atoms with Crippen LogP contribution < -0.4 is 16.6 Å². The second-order valence-corrected chi connectivity index (χ2v) is 4.06. The van der Waals surface area contributed by atoms with Crippen molar-refractivity contribution >= 4 is 28.9 Å². The normalized spacial score (nSPS) is 10.1. The Morgan fingerprint density at radius 2 is 2.16 bits per heavy atom. The Morgan fingerprint density at radius 3 is 2.84 bits per heavy atom. The van der Waals surface area contributed by atoms with Crippen LogP contribution in [0.4, 0.5) is 15.8 Å². The highest BCUT2D eigenvalue weighted by atomic mass is 35.5. The van der Waals surface area contributed by atoms with E-state index in [0.717, 1.165) is 6.07 Å². The Balaban J connectivity index is 2.23. The lowest BCUT2D eigenvalue weighted by Crippen LogP contribution is -2.17. The summed E-state index contributed by atoms with van der Waals surface area (Å²) in [5, 5.41) is 2.52. The minimum atomic E-state index is -0.608. The van der Waals surface area contributed by atoms with E-state index in [9.17, 15) is 9.18 Å². The molecule has 4 N–H and O–H groups in total. The van der Waals surface area contributed by atoms with Crippen molar-refractivity contribution in [3.8, 4) is 0 Å². The average molecular weight is 281 g/mol. The topological polar surface area (TPSA) is 80.0 Å². The van der Waals surface area contributed by atoms with Gasteiger partial charge in [-0.05, 0) is 24.3 Å². The summed E-state index contributed by atoms with van der Waals surface area (Å²) < 4.78 is 13.2. The summed E-state index contributed by atoms with van der Waals surface area (Å²) in [7, 11) is 0. The number of carbonyl (C=O) groups is 1. The second-order valence-electron chi connectivity index (χ2n) is 3.65. The number of hydrogen-bond donors (Lipinski definition) is 3. The van der Waals surface area contributed by atoms with Gasteiger partial charge in [0.2, 0.25) is 0 Å². The lowest BCUT2D eigenvalue weighted by molar-refractivity contribution is 0.102. The molecule has 19 heavy (non-hydrogen) atoms. The molecular formula is C12H10ClFN4O. The molecule has 0 spiro atoms. The number of nitrogen functional groups attached to an aromatic ring is 1. The predicted octanol–water partition coefficient (Wildman–Crippen LogP) is 2.41. The van der Waals surface area contributed by atoms with E-state index in [4.69, 9.17) is 17.4 Å². The van der Waals surface area contributed by atoms with Gasteiger partial charge in [-0.3, -0.25) is 15.6 Å². The van der Waals surface area contributed by atoms with Gasteiger partial charge < -0.3 is 10.7 Å². The van der Waals surface area contributed by atoms with E-state index in [1.165, 1.54) is 24.5 Å². The van der Waals surface area contributed by atoms with Gasteiger partial charge in [0.15, 0.2) is 0 Å². The van der Waals surface area contributed by atoms with Gasteiger partial charge in [0.1, 0.15) is 5.82 Å². The van der Waals surface area contributed by atoms with Crippen LogP contribution in [0.5, 0.6) is 0 Å². The first-order valence-electron chi connectivity index (χ1n) is 5.29. The number of hydrazine groups is 1. The monoisotopic (exact) mass is 280 g/mol. The Kier molecular flexibility index (Phi) is 3.94. The highest BCUT2D eigenvalue weighted by Crippen LogP contribution is 2.20. The van der Waals surface area contributed by atoms with Crippen LogP contribution in [0.25, 0.3) is 0 Å². The summed E-state index contributed by atoms with van der Waals surface area (Å²) in [6.07, 6.45) is 2.85. The van der Waals surface area contributed by atoms with E-state index in [1.54, 1.807) is 6.07 Å². The van der Waals surface area contributed by atoms with Crippen LogP contribution in [-0.4, -0.2) is 10.9 Å². The van der Waals surface area contributed by atoms with Gasteiger partial charge in [-0.1, -0.05) is 11.6 Å². The van der Waals surface area contributed by atoms with Crippen LogP contribution in [0.3, 0.4) is 0 Å². The van der Waals surface area contributed by atoms with Gasteiger partial charge in [-0.15, -0.1) is 0 Å². The first kappa shape index (κ1) is 13.3. The van der Waals surface area contributed by atoms with E-state index < -0.39 is 11.7 Å². The smallest absolute Gasteiger partial charge is 0.259 e. The standard InChI is InChI=1S/C12H10ClFN4O/c13-9-2-1-7(5-10(9)14)17-12(19)8-6-16-4-3-11(8)18-15/h1-6H,15H2,(H,16,18)(H,17,19). The maximum absolute atomic E-state index is 13.2. The number of amides is 1. The number of anilines is 2. The van der Waals surface area contributed by atoms with Gasteiger partial charge in [0.05, 0.1) is 16.3 Å². The zero-order valence-electron chi connectivity index (χ0n) is 9.65. The third-order valence-corrected chi connectivity index (χ3v) is 2.71. The summed E-state index contributed by atoms with van der Waals surface area (Å²) >= 11 is 5.56. The fourth-order valence-electron chi connectivity index (χ4n) is 1.47. The minimum Gasteiger partial charge on any atom is -0.323 e. The van der Waals surface area contributed by atoms with E-state index in [-0.39, 0.29) is 10.6 Å². The molecule has 2 aromatic rings. The SMILES string of the molecule is NNc1ccncc1C(=O)Nc1ccc(Cl)c(F)c1. The van der Waals surface area contributed by atoms with Crippen molar-refractivity contribution in [2.45, 2.75) is 0 Å². The van der Waals surface area contributed by atoms with Crippen molar-refractivity contribution in [3.63, 3.8) is 0 Å². The molecule has 1 amide bonds. The summed E-state index contributed by atoms with van der Waals surface area (Å²) in [5.74, 6) is 4.23. The molecule has 1 heterocycles.